The van der Waals surface area contributed by atoms with E-state index < -0.39 is 0 Å². The largest absolute Gasteiger partial charge is 0.339 e. The minimum atomic E-state index is 0.642. The van der Waals surface area contributed by atoms with Crippen molar-refractivity contribution >= 4 is 0 Å². The van der Waals surface area contributed by atoms with Gasteiger partial charge in [-0.3, -0.25) is 0 Å². The minimum absolute atomic E-state index is 0.642. The topological polar surface area (TPSA) is 38.9 Å². The van der Waals surface area contributed by atoms with Crippen LogP contribution in [0.4, 0.5) is 0 Å². The third-order valence-corrected chi connectivity index (χ3v) is 4.23. The molecule has 2 unspecified atom stereocenters. The molecule has 116 valence electrons. The lowest BCUT2D eigenvalue weighted by Crippen LogP contribution is -2.15. The third-order valence-electron chi connectivity index (χ3n) is 4.23. The van der Waals surface area contributed by atoms with E-state index in [4.69, 9.17) is 4.52 Å². The summed E-state index contributed by atoms with van der Waals surface area (Å²) in [6.45, 7) is 8.78. The van der Waals surface area contributed by atoms with E-state index in [0.717, 1.165) is 24.1 Å². The highest BCUT2D eigenvalue weighted by atomic mass is 16.5. The second-order valence-electron chi connectivity index (χ2n) is 6.17. The average molecular weight is 280 g/mol. The van der Waals surface area contributed by atoms with Crippen LogP contribution < -0.4 is 0 Å². The minimum Gasteiger partial charge on any atom is -0.339 e. The second kappa shape index (κ2) is 9.95. The fourth-order valence-corrected chi connectivity index (χ4v) is 2.88. The van der Waals surface area contributed by atoms with E-state index in [-0.39, 0.29) is 0 Å². The molecule has 0 radical (unpaired) electrons. The van der Waals surface area contributed by atoms with Crippen molar-refractivity contribution in [3.05, 3.63) is 11.7 Å². The fraction of sp³-hybridized carbons (Fsp3) is 0.882. The molecule has 0 saturated carbocycles. The summed E-state index contributed by atoms with van der Waals surface area (Å²) >= 11 is 0. The van der Waals surface area contributed by atoms with Crippen molar-refractivity contribution in [3.8, 4) is 0 Å². The molecule has 0 amide bonds. The highest BCUT2D eigenvalue weighted by molar-refractivity contribution is 4.85. The van der Waals surface area contributed by atoms with Gasteiger partial charge in [-0.05, 0) is 18.8 Å². The highest BCUT2D eigenvalue weighted by Crippen LogP contribution is 2.27. The molecule has 0 N–H and O–H groups in total. The van der Waals surface area contributed by atoms with Crippen LogP contribution in [0, 0.1) is 18.8 Å². The van der Waals surface area contributed by atoms with Crippen LogP contribution in [-0.2, 0) is 6.42 Å². The van der Waals surface area contributed by atoms with E-state index in [1.165, 1.54) is 51.4 Å². The number of aryl methyl sites for hydroxylation is 1. The first kappa shape index (κ1) is 17.2. The molecule has 20 heavy (non-hydrogen) atoms. The number of hydrogen-bond acceptors (Lipinski definition) is 3. The van der Waals surface area contributed by atoms with Gasteiger partial charge in [-0.15, -0.1) is 0 Å². The maximum atomic E-state index is 5.27. The predicted molar refractivity (Wildman–Crippen MR) is 83.7 cm³/mol. The molecule has 1 aromatic heterocycles. The first-order valence-corrected chi connectivity index (χ1v) is 8.46. The van der Waals surface area contributed by atoms with Gasteiger partial charge in [0.25, 0.3) is 0 Å². The molecule has 0 aliphatic heterocycles. The Kier molecular flexibility index (Phi) is 8.56. The third kappa shape index (κ3) is 6.53. The van der Waals surface area contributed by atoms with Gasteiger partial charge >= 0.3 is 0 Å². The molecule has 0 aromatic carbocycles. The van der Waals surface area contributed by atoms with Gasteiger partial charge < -0.3 is 4.52 Å². The summed E-state index contributed by atoms with van der Waals surface area (Å²) < 4.78 is 5.27. The van der Waals surface area contributed by atoms with E-state index >= 15 is 0 Å². The Morgan fingerprint density at radius 3 is 2.30 bits per heavy atom. The molecule has 0 aliphatic rings. The van der Waals surface area contributed by atoms with Gasteiger partial charge in [0.1, 0.15) is 0 Å². The van der Waals surface area contributed by atoms with Crippen molar-refractivity contribution in [3.63, 3.8) is 0 Å². The van der Waals surface area contributed by atoms with Gasteiger partial charge in [0.05, 0.1) is 0 Å². The lowest BCUT2D eigenvalue weighted by molar-refractivity contribution is 0.268. The first-order valence-electron chi connectivity index (χ1n) is 8.46. The maximum absolute atomic E-state index is 5.27. The molecule has 1 heterocycles. The molecule has 0 spiro atoms. The van der Waals surface area contributed by atoms with Gasteiger partial charge in [0.2, 0.25) is 5.89 Å². The molecular weight excluding hydrogens is 248 g/mol. The number of nitrogens with zero attached hydrogens (tertiary/aromatic N) is 2. The Balaban J connectivity index is 2.43. The number of rotatable bonds is 11. The van der Waals surface area contributed by atoms with Gasteiger partial charge in [-0.2, -0.15) is 4.98 Å². The van der Waals surface area contributed by atoms with Gasteiger partial charge in [-0.1, -0.05) is 77.3 Å². The molecule has 0 fully saturated rings. The van der Waals surface area contributed by atoms with Gasteiger partial charge in [0, 0.05) is 6.42 Å². The summed E-state index contributed by atoms with van der Waals surface area (Å²) in [6.07, 6.45) is 11.7. The zero-order valence-electron chi connectivity index (χ0n) is 13.8. The monoisotopic (exact) mass is 280 g/mol. The standard InChI is InChI=1S/C17H32N2O/c1-5-7-9-10-12-16(11-8-6-2)14(3)13-17-18-15(4)19-20-17/h14,16H,5-13H2,1-4H3. The smallest absolute Gasteiger partial charge is 0.226 e. The Hall–Kier alpha value is -0.860. The van der Waals surface area contributed by atoms with Crippen molar-refractivity contribution in [2.75, 3.05) is 0 Å². The fourth-order valence-electron chi connectivity index (χ4n) is 2.88. The van der Waals surface area contributed by atoms with Crippen LogP contribution in [0.1, 0.15) is 83.9 Å². The lowest BCUT2D eigenvalue weighted by atomic mass is 9.83. The van der Waals surface area contributed by atoms with E-state index in [9.17, 15) is 0 Å². The molecule has 3 heteroatoms. The van der Waals surface area contributed by atoms with Crippen LogP contribution in [0.5, 0.6) is 0 Å². The quantitative estimate of drug-likeness (QED) is 0.514. The van der Waals surface area contributed by atoms with Crippen molar-refractivity contribution in [2.45, 2.75) is 85.5 Å². The summed E-state index contributed by atoms with van der Waals surface area (Å²) in [5.74, 6) is 3.01. The van der Waals surface area contributed by atoms with E-state index in [2.05, 4.69) is 30.9 Å². The van der Waals surface area contributed by atoms with Crippen LogP contribution >= 0.6 is 0 Å². The Labute approximate surface area is 124 Å². The average Bonchev–Trinajstić information content (AvgIpc) is 2.83. The first-order chi connectivity index (χ1) is 9.67. The SMILES string of the molecule is CCCCCCC(CCCC)C(C)Cc1nc(C)no1. The number of hydrogen-bond donors (Lipinski definition) is 0. The van der Waals surface area contributed by atoms with Crippen LogP contribution in [0.15, 0.2) is 4.52 Å². The summed E-state index contributed by atoms with van der Waals surface area (Å²) in [5.41, 5.74) is 0. The van der Waals surface area contributed by atoms with Crippen molar-refractivity contribution in [1.29, 1.82) is 0 Å². The van der Waals surface area contributed by atoms with Crippen LogP contribution in [0.25, 0.3) is 0 Å². The normalized spacial score (nSPS) is 14.4. The Morgan fingerprint density at radius 1 is 1.00 bits per heavy atom. The zero-order chi connectivity index (χ0) is 14.8. The van der Waals surface area contributed by atoms with E-state index in [0.29, 0.717) is 5.92 Å². The molecule has 0 saturated heterocycles. The molecule has 1 aromatic rings. The maximum Gasteiger partial charge on any atom is 0.226 e. The number of unbranched alkanes of at least 4 members (excludes halogenated alkanes) is 4. The van der Waals surface area contributed by atoms with E-state index in [1.807, 2.05) is 6.92 Å². The van der Waals surface area contributed by atoms with Crippen LogP contribution in [0.3, 0.4) is 0 Å². The van der Waals surface area contributed by atoms with E-state index in [1.54, 1.807) is 0 Å². The molecule has 3 nitrogen and oxygen atoms in total. The van der Waals surface area contributed by atoms with Crippen molar-refractivity contribution in [2.24, 2.45) is 11.8 Å². The Bertz CT molecular complexity index is 349. The van der Waals surface area contributed by atoms with Gasteiger partial charge in [0.15, 0.2) is 5.82 Å². The summed E-state index contributed by atoms with van der Waals surface area (Å²) in [5, 5.41) is 3.89. The Morgan fingerprint density at radius 2 is 1.70 bits per heavy atom. The summed E-state index contributed by atoms with van der Waals surface area (Å²) in [4.78, 5) is 4.35. The second-order valence-corrected chi connectivity index (χ2v) is 6.17. The molecule has 1 rings (SSSR count). The molecular formula is C17H32N2O. The summed E-state index contributed by atoms with van der Waals surface area (Å²) in [7, 11) is 0. The highest BCUT2D eigenvalue weighted by Gasteiger charge is 2.19. The number of aromatic nitrogens is 2. The molecule has 0 bridgehead atoms. The zero-order valence-corrected chi connectivity index (χ0v) is 13.8. The molecule has 2 atom stereocenters. The summed E-state index contributed by atoms with van der Waals surface area (Å²) in [6, 6.07) is 0. The van der Waals surface area contributed by atoms with Crippen molar-refractivity contribution < 1.29 is 4.52 Å². The van der Waals surface area contributed by atoms with Crippen molar-refractivity contribution in [1.82, 2.24) is 10.1 Å². The predicted octanol–water partition coefficient (Wildman–Crippen LogP) is 5.33. The lowest BCUT2D eigenvalue weighted by Gasteiger charge is -2.23. The van der Waals surface area contributed by atoms with Crippen LogP contribution in [0.2, 0.25) is 0 Å². The van der Waals surface area contributed by atoms with Gasteiger partial charge in [-0.25, -0.2) is 0 Å². The molecule has 0 aliphatic carbocycles. The van der Waals surface area contributed by atoms with Crippen LogP contribution in [-0.4, -0.2) is 10.1 Å².